The highest BCUT2D eigenvalue weighted by Crippen LogP contribution is 2.16. The number of rotatable bonds is 2. The normalized spacial score (nSPS) is 10.3. The SMILES string of the molecule is O=C(Nc1ccnc(Cl)n1)c1c(F)cc(F)cc1F. The highest BCUT2D eigenvalue weighted by Gasteiger charge is 2.19. The number of halogens is 4. The fourth-order valence-corrected chi connectivity index (χ4v) is 1.49. The Morgan fingerprint density at radius 2 is 1.84 bits per heavy atom. The van der Waals surface area contributed by atoms with Gasteiger partial charge in [-0.05, 0) is 17.7 Å². The van der Waals surface area contributed by atoms with E-state index in [0.717, 1.165) is 0 Å². The van der Waals surface area contributed by atoms with Gasteiger partial charge in [0.1, 0.15) is 28.8 Å². The first-order valence-electron chi connectivity index (χ1n) is 4.92. The Kier molecular flexibility index (Phi) is 3.66. The van der Waals surface area contributed by atoms with E-state index in [2.05, 4.69) is 15.3 Å². The number of hydrogen-bond donors (Lipinski definition) is 1. The summed E-state index contributed by atoms with van der Waals surface area (Å²) < 4.78 is 39.4. The molecule has 0 saturated carbocycles. The van der Waals surface area contributed by atoms with E-state index in [0.29, 0.717) is 12.1 Å². The Morgan fingerprint density at radius 3 is 2.42 bits per heavy atom. The molecule has 0 unspecified atom stereocenters. The molecule has 0 aliphatic rings. The van der Waals surface area contributed by atoms with Gasteiger partial charge in [0.2, 0.25) is 5.28 Å². The number of anilines is 1. The van der Waals surface area contributed by atoms with Crippen LogP contribution in [0.2, 0.25) is 5.28 Å². The zero-order valence-corrected chi connectivity index (χ0v) is 9.88. The number of nitrogens with one attached hydrogen (secondary N) is 1. The molecular formula is C11H5ClF3N3O. The molecule has 8 heteroatoms. The molecule has 1 aromatic carbocycles. The third-order valence-corrected chi connectivity index (χ3v) is 2.28. The van der Waals surface area contributed by atoms with E-state index in [1.807, 2.05) is 0 Å². The lowest BCUT2D eigenvalue weighted by molar-refractivity contribution is 0.101. The van der Waals surface area contributed by atoms with Crippen LogP contribution in [0.15, 0.2) is 24.4 Å². The molecule has 4 nitrogen and oxygen atoms in total. The van der Waals surface area contributed by atoms with E-state index in [1.165, 1.54) is 12.3 Å². The molecule has 2 rings (SSSR count). The van der Waals surface area contributed by atoms with E-state index in [9.17, 15) is 18.0 Å². The number of amides is 1. The van der Waals surface area contributed by atoms with Crippen LogP contribution in [0.3, 0.4) is 0 Å². The minimum Gasteiger partial charge on any atom is -0.306 e. The molecule has 0 bridgehead atoms. The van der Waals surface area contributed by atoms with Gasteiger partial charge in [-0.25, -0.2) is 23.1 Å². The molecule has 0 aliphatic heterocycles. The van der Waals surface area contributed by atoms with Crippen molar-refractivity contribution in [2.75, 3.05) is 5.32 Å². The molecule has 19 heavy (non-hydrogen) atoms. The molecule has 0 radical (unpaired) electrons. The van der Waals surface area contributed by atoms with Gasteiger partial charge in [-0.2, -0.15) is 0 Å². The maximum atomic E-state index is 13.3. The van der Waals surface area contributed by atoms with Crippen LogP contribution in [0.5, 0.6) is 0 Å². The fourth-order valence-electron chi connectivity index (χ4n) is 1.34. The van der Waals surface area contributed by atoms with Crippen molar-refractivity contribution >= 4 is 23.3 Å². The molecule has 0 spiro atoms. The summed E-state index contributed by atoms with van der Waals surface area (Å²) in [5, 5.41) is 1.98. The number of hydrogen-bond acceptors (Lipinski definition) is 3. The third-order valence-electron chi connectivity index (χ3n) is 2.10. The van der Waals surface area contributed by atoms with Gasteiger partial charge in [0.05, 0.1) is 0 Å². The quantitative estimate of drug-likeness (QED) is 0.864. The largest absolute Gasteiger partial charge is 0.306 e. The first kappa shape index (κ1) is 13.3. The number of carbonyl (C=O) groups excluding carboxylic acids is 1. The smallest absolute Gasteiger partial charge is 0.262 e. The van der Waals surface area contributed by atoms with Gasteiger partial charge in [-0.3, -0.25) is 4.79 Å². The van der Waals surface area contributed by atoms with Crippen molar-refractivity contribution in [3.05, 3.63) is 52.7 Å². The standard InChI is InChI=1S/C11H5ClF3N3O/c12-11-16-2-1-8(18-11)17-10(19)9-6(14)3-5(13)4-7(9)15/h1-4H,(H,16,17,18,19). The summed E-state index contributed by atoms with van der Waals surface area (Å²) in [4.78, 5) is 18.9. The molecular weight excluding hydrogens is 283 g/mol. The summed E-state index contributed by atoms with van der Waals surface area (Å²) in [6.45, 7) is 0. The summed E-state index contributed by atoms with van der Waals surface area (Å²) in [5.41, 5.74) is -0.906. The molecule has 1 heterocycles. The summed E-state index contributed by atoms with van der Waals surface area (Å²) in [6, 6.07) is 2.10. The van der Waals surface area contributed by atoms with Crippen LogP contribution in [-0.2, 0) is 0 Å². The van der Waals surface area contributed by atoms with Gasteiger partial charge < -0.3 is 5.32 Å². The van der Waals surface area contributed by atoms with Crippen LogP contribution in [0, 0.1) is 17.5 Å². The first-order valence-corrected chi connectivity index (χ1v) is 5.29. The van der Waals surface area contributed by atoms with Crippen LogP contribution in [-0.4, -0.2) is 15.9 Å². The molecule has 0 saturated heterocycles. The summed E-state index contributed by atoms with van der Waals surface area (Å²) in [6.07, 6.45) is 1.25. The maximum Gasteiger partial charge on any atom is 0.262 e. The lowest BCUT2D eigenvalue weighted by atomic mass is 10.2. The fraction of sp³-hybridized carbons (Fsp3) is 0. The summed E-state index contributed by atoms with van der Waals surface area (Å²) >= 11 is 5.49. The first-order chi connectivity index (χ1) is 8.97. The van der Waals surface area contributed by atoms with E-state index >= 15 is 0 Å². The third kappa shape index (κ3) is 3.00. The zero-order valence-electron chi connectivity index (χ0n) is 9.12. The number of benzene rings is 1. The van der Waals surface area contributed by atoms with Gasteiger partial charge in [-0.15, -0.1) is 0 Å². The zero-order chi connectivity index (χ0) is 14.0. The molecule has 0 atom stereocenters. The molecule has 1 amide bonds. The van der Waals surface area contributed by atoms with Gasteiger partial charge in [-0.1, -0.05) is 0 Å². The average molecular weight is 288 g/mol. The van der Waals surface area contributed by atoms with Crippen molar-refractivity contribution < 1.29 is 18.0 Å². The van der Waals surface area contributed by atoms with E-state index in [1.54, 1.807) is 0 Å². The van der Waals surface area contributed by atoms with Crippen molar-refractivity contribution in [3.8, 4) is 0 Å². The van der Waals surface area contributed by atoms with Crippen LogP contribution in [0.1, 0.15) is 10.4 Å². The number of aromatic nitrogens is 2. The minimum absolute atomic E-state index is 0.0341. The summed E-state index contributed by atoms with van der Waals surface area (Å²) in [5.74, 6) is -4.88. The van der Waals surface area contributed by atoms with Crippen molar-refractivity contribution in [1.29, 1.82) is 0 Å². The van der Waals surface area contributed by atoms with Crippen LogP contribution >= 0.6 is 11.6 Å². The molecule has 0 fully saturated rings. The van der Waals surface area contributed by atoms with Crippen molar-refractivity contribution in [2.45, 2.75) is 0 Å². The molecule has 98 valence electrons. The second kappa shape index (κ2) is 5.23. The van der Waals surface area contributed by atoms with E-state index < -0.39 is 28.9 Å². The highest BCUT2D eigenvalue weighted by atomic mass is 35.5. The minimum atomic E-state index is -1.31. The molecule has 1 N–H and O–H groups in total. The topological polar surface area (TPSA) is 54.9 Å². The van der Waals surface area contributed by atoms with E-state index in [4.69, 9.17) is 11.6 Å². The maximum absolute atomic E-state index is 13.3. The van der Waals surface area contributed by atoms with Crippen molar-refractivity contribution in [3.63, 3.8) is 0 Å². The Morgan fingerprint density at radius 1 is 1.21 bits per heavy atom. The Bertz CT molecular complexity index is 628. The van der Waals surface area contributed by atoms with Gasteiger partial charge in [0.25, 0.3) is 5.91 Å². The molecule has 2 aromatic rings. The van der Waals surface area contributed by atoms with Crippen LogP contribution < -0.4 is 5.32 Å². The average Bonchev–Trinajstić information content (AvgIpc) is 2.27. The van der Waals surface area contributed by atoms with Gasteiger partial charge >= 0.3 is 0 Å². The van der Waals surface area contributed by atoms with Gasteiger partial charge in [0, 0.05) is 18.3 Å². The summed E-state index contributed by atoms with van der Waals surface area (Å²) in [7, 11) is 0. The van der Waals surface area contributed by atoms with Crippen molar-refractivity contribution in [1.82, 2.24) is 9.97 Å². The lowest BCUT2D eigenvalue weighted by Gasteiger charge is -2.06. The Labute approximate surface area is 110 Å². The second-order valence-electron chi connectivity index (χ2n) is 3.41. The highest BCUT2D eigenvalue weighted by molar-refractivity contribution is 6.28. The monoisotopic (exact) mass is 287 g/mol. The van der Waals surface area contributed by atoms with E-state index in [-0.39, 0.29) is 11.1 Å². The molecule has 1 aromatic heterocycles. The second-order valence-corrected chi connectivity index (χ2v) is 3.75. The predicted octanol–water partition coefficient (Wildman–Crippen LogP) is 2.80. The van der Waals surface area contributed by atoms with Gasteiger partial charge in [0.15, 0.2) is 0 Å². The van der Waals surface area contributed by atoms with Crippen LogP contribution in [0.4, 0.5) is 19.0 Å². The number of carbonyl (C=O) groups is 1. The predicted molar refractivity (Wildman–Crippen MR) is 61.3 cm³/mol. The van der Waals surface area contributed by atoms with Crippen LogP contribution in [0.25, 0.3) is 0 Å². The van der Waals surface area contributed by atoms with Crippen molar-refractivity contribution in [2.24, 2.45) is 0 Å². The lowest BCUT2D eigenvalue weighted by Crippen LogP contribution is -2.17. The molecule has 0 aliphatic carbocycles. The Hall–Kier alpha value is -2.15. The number of nitrogens with zero attached hydrogens (tertiary/aromatic N) is 2. The Balaban J connectivity index is 2.31.